The van der Waals surface area contributed by atoms with Gasteiger partial charge < -0.3 is 10.5 Å². The molecule has 0 aromatic rings. The molecule has 2 nitrogen and oxygen atoms in total. The lowest BCUT2D eigenvalue weighted by molar-refractivity contribution is 0.302. The van der Waals surface area contributed by atoms with Crippen LogP contribution in [0.1, 0.15) is 6.42 Å². The predicted molar refractivity (Wildman–Crippen MR) is 29.6 cm³/mol. The van der Waals surface area contributed by atoms with Gasteiger partial charge in [0, 0.05) is 12.8 Å². The fourth-order valence-electron chi connectivity index (χ4n) is 0.239. The Labute approximate surface area is 43.0 Å². The molecular formula is C5H9NO. The normalized spacial score (nSPS) is 9.86. The molecule has 0 aliphatic carbocycles. The zero-order chi connectivity index (χ0) is 5.54. The Bertz CT molecular complexity index is 68.5. The van der Waals surface area contributed by atoms with E-state index in [1.807, 2.05) is 0 Å². The van der Waals surface area contributed by atoms with Gasteiger partial charge in [-0.25, -0.2) is 0 Å². The van der Waals surface area contributed by atoms with E-state index in [1.54, 1.807) is 12.2 Å². The third-order valence-electron chi connectivity index (χ3n) is 0.528. The quantitative estimate of drug-likeness (QED) is 0.499. The van der Waals surface area contributed by atoms with Crippen LogP contribution < -0.4 is 0 Å². The molecular weight excluding hydrogens is 90.1 g/mol. The number of nitrogens with one attached hydrogen (secondary N) is 1. The lowest BCUT2D eigenvalue weighted by Crippen LogP contribution is -1.74. The molecule has 0 bridgehead atoms. The first-order chi connectivity index (χ1) is 3.41. The van der Waals surface area contributed by atoms with Gasteiger partial charge in [-0.3, -0.25) is 0 Å². The minimum absolute atomic E-state index is 0.171. The van der Waals surface area contributed by atoms with Gasteiger partial charge in [-0.1, -0.05) is 6.08 Å². The molecule has 0 spiro atoms. The second kappa shape index (κ2) is 5.37. The van der Waals surface area contributed by atoms with Gasteiger partial charge in [-0.05, 0) is 12.5 Å². The molecule has 40 valence electrons. The molecule has 0 heterocycles. The highest BCUT2D eigenvalue weighted by molar-refractivity contribution is 5.67. The molecule has 0 aliphatic rings. The monoisotopic (exact) mass is 99.1 g/mol. The molecule has 0 saturated heterocycles. The summed E-state index contributed by atoms with van der Waals surface area (Å²) >= 11 is 0. The Morgan fingerprint density at radius 3 is 2.71 bits per heavy atom. The third kappa shape index (κ3) is 5.37. The fourth-order valence-corrected chi connectivity index (χ4v) is 0.239. The van der Waals surface area contributed by atoms with E-state index >= 15 is 0 Å². The first kappa shape index (κ1) is 6.37. The molecule has 0 amide bonds. The molecule has 0 atom stereocenters. The summed E-state index contributed by atoms with van der Waals surface area (Å²) in [5.74, 6) is 0. The van der Waals surface area contributed by atoms with Crippen LogP contribution >= 0.6 is 0 Å². The van der Waals surface area contributed by atoms with E-state index in [-0.39, 0.29) is 6.61 Å². The number of aliphatic hydroxyl groups excluding tert-OH is 1. The van der Waals surface area contributed by atoms with Gasteiger partial charge in [0.05, 0.1) is 0 Å². The minimum atomic E-state index is 0.171. The van der Waals surface area contributed by atoms with E-state index in [9.17, 15) is 0 Å². The molecule has 0 radical (unpaired) electrons. The predicted octanol–water partition coefficient (Wildman–Crippen LogP) is 0.575. The van der Waals surface area contributed by atoms with Gasteiger partial charge in [-0.15, -0.1) is 0 Å². The maximum Gasteiger partial charge on any atom is 0.0465 e. The SMILES string of the molecule is N=C/C=C/CCO. The van der Waals surface area contributed by atoms with E-state index in [0.29, 0.717) is 6.42 Å². The summed E-state index contributed by atoms with van der Waals surface area (Å²) in [6.07, 6.45) is 5.17. The highest BCUT2D eigenvalue weighted by Gasteiger charge is 1.67. The van der Waals surface area contributed by atoms with Crippen molar-refractivity contribution in [3.05, 3.63) is 12.2 Å². The standard InChI is InChI=1S/C5H9NO/c6-4-2-1-3-5-7/h1-2,4,6-7H,3,5H2/b2-1+,6-4?. The van der Waals surface area contributed by atoms with Crippen LogP contribution in [-0.2, 0) is 0 Å². The Balaban J connectivity index is 2.92. The lowest BCUT2D eigenvalue weighted by Gasteiger charge is -1.77. The molecule has 0 aliphatic heterocycles. The topological polar surface area (TPSA) is 44.1 Å². The van der Waals surface area contributed by atoms with E-state index in [0.717, 1.165) is 0 Å². The Hall–Kier alpha value is -0.630. The first-order valence-electron chi connectivity index (χ1n) is 2.18. The molecule has 0 rings (SSSR count). The molecule has 0 aromatic heterocycles. The molecule has 2 N–H and O–H groups in total. The Morgan fingerprint density at radius 2 is 2.29 bits per heavy atom. The zero-order valence-electron chi connectivity index (χ0n) is 4.09. The van der Waals surface area contributed by atoms with Crippen molar-refractivity contribution >= 4 is 6.21 Å². The van der Waals surface area contributed by atoms with Crippen LogP contribution in [0.5, 0.6) is 0 Å². The largest absolute Gasteiger partial charge is 0.396 e. The van der Waals surface area contributed by atoms with E-state index in [4.69, 9.17) is 10.5 Å². The van der Waals surface area contributed by atoms with Gasteiger partial charge in [-0.2, -0.15) is 0 Å². The van der Waals surface area contributed by atoms with Gasteiger partial charge in [0.25, 0.3) is 0 Å². The lowest BCUT2D eigenvalue weighted by atomic mass is 10.4. The smallest absolute Gasteiger partial charge is 0.0465 e. The van der Waals surface area contributed by atoms with Gasteiger partial charge >= 0.3 is 0 Å². The second-order valence-electron chi connectivity index (χ2n) is 1.11. The number of hydrogen-bond donors (Lipinski definition) is 2. The summed E-state index contributed by atoms with van der Waals surface area (Å²) in [6, 6.07) is 0. The first-order valence-corrected chi connectivity index (χ1v) is 2.18. The van der Waals surface area contributed by atoms with E-state index < -0.39 is 0 Å². The van der Waals surface area contributed by atoms with Gasteiger partial charge in [0.1, 0.15) is 0 Å². The van der Waals surface area contributed by atoms with E-state index in [1.165, 1.54) is 6.21 Å². The molecule has 7 heavy (non-hydrogen) atoms. The van der Waals surface area contributed by atoms with Crippen LogP contribution in [-0.4, -0.2) is 17.9 Å². The van der Waals surface area contributed by atoms with Crippen LogP contribution in [0.15, 0.2) is 12.2 Å². The maximum absolute atomic E-state index is 8.17. The summed E-state index contributed by atoms with van der Waals surface area (Å²) in [6.45, 7) is 0.171. The van der Waals surface area contributed by atoms with Crippen LogP contribution in [0.3, 0.4) is 0 Å². The van der Waals surface area contributed by atoms with Crippen LogP contribution in [0.4, 0.5) is 0 Å². The average molecular weight is 99.1 g/mol. The van der Waals surface area contributed by atoms with Crippen LogP contribution in [0, 0.1) is 5.41 Å². The van der Waals surface area contributed by atoms with Gasteiger partial charge in [0.2, 0.25) is 0 Å². The average Bonchev–Trinajstić information content (AvgIpc) is 1.69. The maximum atomic E-state index is 8.17. The van der Waals surface area contributed by atoms with Crippen molar-refractivity contribution in [2.45, 2.75) is 6.42 Å². The van der Waals surface area contributed by atoms with Crippen molar-refractivity contribution < 1.29 is 5.11 Å². The van der Waals surface area contributed by atoms with Crippen molar-refractivity contribution in [3.63, 3.8) is 0 Å². The van der Waals surface area contributed by atoms with Crippen molar-refractivity contribution in [1.82, 2.24) is 0 Å². The van der Waals surface area contributed by atoms with Crippen LogP contribution in [0.25, 0.3) is 0 Å². The number of hydrogen-bond acceptors (Lipinski definition) is 2. The Morgan fingerprint density at radius 1 is 1.57 bits per heavy atom. The third-order valence-corrected chi connectivity index (χ3v) is 0.528. The summed E-state index contributed by atoms with van der Waals surface area (Å²) in [5, 5.41) is 14.7. The zero-order valence-corrected chi connectivity index (χ0v) is 4.09. The molecule has 0 unspecified atom stereocenters. The fraction of sp³-hybridized carbons (Fsp3) is 0.400. The number of allylic oxidation sites excluding steroid dienone is 1. The molecule has 0 fully saturated rings. The Kier molecular flexibility index (Phi) is 4.89. The van der Waals surface area contributed by atoms with Crippen molar-refractivity contribution in [2.75, 3.05) is 6.61 Å². The summed E-state index contributed by atoms with van der Waals surface area (Å²) in [4.78, 5) is 0. The number of rotatable bonds is 3. The van der Waals surface area contributed by atoms with Gasteiger partial charge in [0.15, 0.2) is 0 Å². The van der Waals surface area contributed by atoms with Crippen molar-refractivity contribution in [3.8, 4) is 0 Å². The van der Waals surface area contributed by atoms with Crippen LogP contribution in [0.2, 0.25) is 0 Å². The van der Waals surface area contributed by atoms with E-state index in [2.05, 4.69) is 0 Å². The molecule has 2 heteroatoms. The molecule has 0 saturated carbocycles. The molecule has 0 aromatic carbocycles. The highest BCUT2D eigenvalue weighted by atomic mass is 16.2. The summed E-state index contributed by atoms with van der Waals surface area (Å²) in [5.41, 5.74) is 0. The number of aliphatic hydroxyl groups is 1. The summed E-state index contributed by atoms with van der Waals surface area (Å²) < 4.78 is 0. The highest BCUT2D eigenvalue weighted by Crippen LogP contribution is 1.75. The summed E-state index contributed by atoms with van der Waals surface area (Å²) in [7, 11) is 0. The van der Waals surface area contributed by atoms with Crippen molar-refractivity contribution in [1.29, 1.82) is 5.41 Å². The van der Waals surface area contributed by atoms with Crippen molar-refractivity contribution in [2.24, 2.45) is 0 Å². The second-order valence-corrected chi connectivity index (χ2v) is 1.11. The minimum Gasteiger partial charge on any atom is -0.396 e.